The van der Waals surface area contributed by atoms with Gasteiger partial charge in [0, 0.05) is 11.3 Å². The van der Waals surface area contributed by atoms with Crippen molar-refractivity contribution in [3.8, 4) is 5.75 Å². The van der Waals surface area contributed by atoms with Crippen molar-refractivity contribution < 1.29 is 33.5 Å². The normalized spacial score (nSPS) is 10.5. The van der Waals surface area contributed by atoms with E-state index in [0.29, 0.717) is 9.49 Å². The maximum absolute atomic E-state index is 10.3. The molecule has 33 heavy (non-hydrogen) atoms. The molecule has 0 heterocycles. The van der Waals surface area contributed by atoms with Crippen LogP contribution < -0.4 is 23.6 Å². The third-order valence-corrected chi connectivity index (χ3v) is 6.04. The molecule has 0 aliphatic heterocycles. The number of hydrogen-bond donors (Lipinski definition) is 1. The van der Waals surface area contributed by atoms with Crippen molar-refractivity contribution in [3.63, 3.8) is 0 Å². The number of aryl methyl sites for hydroxylation is 1. The second-order valence-corrected chi connectivity index (χ2v) is 8.79. The predicted molar refractivity (Wildman–Crippen MR) is 145 cm³/mol. The molecule has 1 unspecified atom stereocenters. The summed E-state index contributed by atoms with van der Waals surface area (Å²) in [5, 5.41) is 8.46. The Morgan fingerprint density at radius 1 is 1.09 bits per heavy atom. The number of carboxylic acids is 1. The first-order chi connectivity index (χ1) is 15.4. The van der Waals surface area contributed by atoms with E-state index in [2.05, 4.69) is 68.5 Å². The average Bonchev–Trinajstić information content (AvgIpc) is 2.80. The summed E-state index contributed by atoms with van der Waals surface area (Å²) >= 11 is 2.55. The quantitative estimate of drug-likeness (QED) is 0.127. The number of ether oxygens (including phenoxy) is 1. The number of aromatic carboxylic acids is 1. The van der Waals surface area contributed by atoms with Crippen LogP contribution in [-0.2, 0) is 6.42 Å². The molecule has 0 spiro atoms. The van der Waals surface area contributed by atoms with Gasteiger partial charge in [-0.25, -0.2) is 4.79 Å². The van der Waals surface area contributed by atoms with Crippen LogP contribution in [0.4, 0.5) is 0 Å². The second kappa shape index (κ2) is 21.4. The van der Waals surface area contributed by atoms with E-state index >= 15 is 0 Å². The van der Waals surface area contributed by atoms with Crippen LogP contribution in [0.2, 0.25) is 0 Å². The first-order valence-electron chi connectivity index (χ1n) is 11.6. The standard InChI is InChI=1S/C18H28IO.C8H7O2.C2H5.Li/c1-4-7-8-9-11-16-14-15(17(19)10-5-2)12-13-18(16)20-6-3;1-6-2-4-7(5-3-6)8(9)10;1-2;/h12,14,17H,4-11H2,1-3H3;2-5H,1H2,(H,9,10);1H2,2H3;/q3*-1;+1. The van der Waals surface area contributed by atoms with E-state index < -0.39 is 5.97 Å². The zero-order chi connectivity index (χ0) is 24.4. The van der Waals surface area contributed by atoms with Gasteiger partial charge >= 0.3 is 24.8 Å². The second-order valence-electron chi connectivity index (χ2n) is 7.29. The molecular weight excluding hydrogens is 518 g/mol. The Kier molecular flexibility index (Phi) is 22.1. The zero-order valence-corrected chi connectivity index (χ0v) is 23.4. The molecule has 0 amide bonds. The Bertz CT molecular complexity index is 747. The molecule has 5 heteroatoms. The Balaban J connectivity index is 0. The van der Waals surface area contributed by atoms with E-state index in [1.165, 1.54) is 61.8 Å². The van der Waals surface area contributed by atoms with Crippen molar-refractivity contribution in [2.45, 2.75) is 76.6 Å². The monoisotopic (exact) mass is 558 g/mol. The largest absolute Gasteiger partial charge is 1.00 e. The molecule has 3 nitrogen and oxygen atoms in total. The van der Waals surface area contributed by atoms with Gasteiger partial charge in [-0.15, -0.1) is 29.3 Å². The summed E-state index contributed by atoms with van der Waals surface area (Å²) in [6.45, 7) is 15.9. The van der Waals surface area contributed by atoms with E-state index in [1.54, 1.807) is 19.1 Å². The van der Waals surface area contributed by atoms with Crippen LogP contribution in [0.5, 0.6) is 5.75 Å². The van der Waals surface area contributed by atoms with E-state index in [1.807, 2.05) is 6.92 Å². The van der Waals surface area contributed by atoms with E-state index in [9.17, 15) is 4.79 Å². The number of halogens is 1. The molecule has 0 bridgehead atoms. The van der Waals surface area contributed by atoms with Crippen molar-refractivity contribution in [2.75, 3.05) is 6.61 Å². The van der Waals surface area contributed by atoms with Gasteiger partial charge in [-0.3, -0.25) is 0 Å². The van der Waals surface area contributed by atoms with Gasteiger partial charge in [-0.1, -0.05) is 75.0 Å². The summed E-state index contributed by atoms with van der Waals surface area (Å²) in [6, 6.07) is 14.2. The molecule has 0 radical (unpaired) electrons. The van der Waals surface area contributed by atoms with E-state index in [4.69, 9.17) is 9.84 Å². The van der Waals surface area contributed by atoms with Crippen molar-refractivity contribution in [3.05, 3.63) is 78.6 Å². The SMILES string of the molecule is CCCCCCc1cc(C(I)CCC)c[c-]c1OCC.[CH2-]C.[CH2-]c1ccc(C(=O)O)cc1.[Li+]. The molecular formula is C28H40ILiO3-2. The molecule has 180 valence electrons. The summed E-state index contributed by atoms with van der Waals surface area (Å²) in [4.78, 5) is 10.3. The average molecular weight is 558 g/mol. The Hall–Kier alpha value is -1.09. The Morgan fingerprint density at radius 2 is 1.73 bits per heavy atom. The summed E-state index contributed by atoms with van der Waals surface area (Å²) in [5.41, 5.74) is 3.87. The third kappa shape index (κ3) is 14.7. The first kappa shape index (κ1) is 34.1. The number of unbranched alkanes of at least 4 members (excludes halogenated alkanes) is 3. The van der Waals surface area contributed by atoms with Gasteiger partial charge in [0.05, 0.1) is 6.61 Å². The molecule has 0 aromatic heterocycles. The van der Waals surface area contributed by atoms with Gasteiger partial charge in [0.1, 0.15) is 0 Å². The van der Waals surface area contributed by atoms with Crippen LogP contribution in [0.1, 0.15) is 97.2 Å². The summed E-state index contributed by atoms with van der Waals surface area (Å²) in [6.07, 6.45) is 8.77. The minimum absolute atomic E-state index is 0. The van der Waals surface area contributed by atoms with Gasteiger partial charge in [0.25, 0.3) is 0 Å². The topological polar surface area (TPSA) is 46.5 Å². The Morgan fingerprint density at radius 3 is 2.24 bits per heavy atom. The van der Waals surface area contributed by atoms with E-state index in [-0.39, 0.29) is 18.9 Å². The molecule has 0 fully saturated rings. The van der Waals surface area contributed by atoms with Gasteiger partial charge < -0.3 is 16.8 Å². The summed E-state index contributed by atoms with van der Waals surface area (Å²) < 4.78 is 6.33. The molecule has 0 aliphatic carbocycles. The van der Waals surface area contributed by atoms with Gasteiger partial charge in [-0.2, -0.15) is 43.7 Å². The van der Waals surface area contributed by atoms with Crippen LogP contribution in [-0.4, -0.2) is 17.7 Å². The Labute approximate surface area is 228 Å². The van der Waals surface area contributed by atoms with Crippen molar-refractivity contribution in [1.29, 1.82) is 0 Å². The van der Waals surface area contributed by atoms with Crippen molar-refractivity contribution in [2.24, 2.45) is 0 Å². The molecule has 1 atom stereocenters. The van der Waals surface area contributed by atoms with Crippen LogP contribution >= 0.6 is 22.6 Å². The molecule has 1 N–H and O–H groups in total. The fourth-order valence-electron chi connectivity index (χ4n) is 3.00. The smallest absolute Gasteiger partial charge is 0.519 e. The van der Waals surface area contributed by atoms with Crippen molar-refractivity contribution in [1.82, 2.24) is 0 Å². The number of alkyl halides is 1. The minimum Gasteiger partial charge on any atom is -0.519 e. The molecule has 0 saturated heterocycles. The molecule has 2 rings (SSSR count). The fraction of sp³-hybridized carbons (Fsp3) is 0.464. The van der Waals surface area contributed by atoms with Gasteiger partial charge in [-0.05, 0) is 17.3 Å². The van der Waals surface area contributed by atoms with Crippen LogP contribution in [0.3, 0.4) is 0 Å². The number of carbonyl (C=O) groups is 1. The van der Waals surface area contributed by atoms with Crippen molar-refractivity contribution >= 4 is 28.6 Å². The maximum Gasteiger partial charge on any atom is 1.00 e. The minimum atomic E-state index is -0.903. The van der Waals surface area contributed by atoms with E-state index in [0.717, 1.165) is 24.3 Å². The molecule has 0 aliphatic rings. The van der Waals surface area contributed by atoms with Crippen LogP contribution in [0.25, 0.3) is 0 Å². The van der Waals surface area contributed by atoms with Crippen LogP contribution in [0, 0.1) is 19.9 Å². The van der Waals surface area contributed by atoms with Crippen LogP contribution in [0.15, 0.2) is 36.4 Å². The summed E-state index contributed by atoms with van der Waals surface area (Å²) in [7, 11) is 0. The number of benzene rings is 2. The number of rotatable bonds is 11. The first-order valence-corrected chi connectivity index (χ1v) is 12.8. The molecule has 2 aromatic carbocycles. The maximum atomic E-state index is 10.3. The van der Waals surface area contributed by atoms with Gasteiger partial charge in [0.2, 0.25) is 0 Å². The molecule has 2 aromatic rings. The third-order valence-electron chi connectivity index (χ3n) is 4.70. The molecule has 0 saturated carbocycles. The summed E-state index contributed by atoms with van der Waals surface area (Å²) in [5.74, 6) is 0.0628. The number of carboxylic acid groups (broad SMARTS) is 1. The zero-order valence-electron chi connectivity index (χ0n) is 21.3. The predicted octanol–water partition coefficient (Wildman–Crippen LogP) is 5.70. The number of hydrogen-bond acceptors (Lipinski definition) is 2. The fourth-order valence-corrected chi connectivity index (χ4v) is 3.99. The van der Waals surface area contributed by atoms with Gasteiger partial charge in [0.15, 0.2) is 0 Å².